The predicted molar refractivity (Wildman–Crippen MR) is 110 cm³/mol. The molecule has 3 N–H and O–H groups in total. The van der Waals surface area contributed by atoms with Gasteiger partial charge in [0.25, 0.3) is 0 Å². The molecule has 0 saturated carbocycles. The van der Waals surface area contributed by atoms with Crippen molar-refractivity contribution >= 4 is 39.3 Å². The maximum atomic E-state index is 12.2. The van der Waals surface area contributed by atoms with Gasteiger partial charge in [-0.2, -0.15) is 0 Å². The second-order valence-electron chi connectivity index (χ2n) is 5.72. The second-order valence-corrected chi connectivity index (χ2v) is 7.52. The van der Waals surface area contributed by atoms with Crippen LogP contribution in [-0.2, 0) is 4.79 Å². The second kappa shape index (κ2) is 8.45. The van der Waals surface area contributed by atoms with Crippen LogP contribution in [0.4, 0.5) is 5.69 Å². The van der Waals surface area contributed by atoms with Crippen LogP contribution in [0.1, 0.15) is 5.56 Å². The van der Waals surface area contributed by atoms with Gasteiger partial charge in [-0.05, 0) is 64.8 Å². The number of aryl methyl sites for hydroxylation is 1. The van der Waals surface area contributed by atoms with E-state index in [9.17, 15) is 4.79 Å². The van der Waals surface area contributed by atoms with Gasteiger partial charge in [0.05, 0.1) is 18.6 Å². The van der Waals surface area contributed by atoms with E-state index in [-0.39, 0.29) is 11.7 Å². The fraction of sp³-hybridized carbons (Fsp3) is 0.167. The van der Waals surface area contributed by atoms with Crippen LogP contribution in [0, 0.1) is 6.92 Å². The van der Waals surface area contributed by atoms with Gasteiger partial charge < -0.3 is 15.9 Å². The monoisotopic (exact) mass is 447 g/mol. The Kier molecular flexibility index (Phi) is 6.02. The van der Waals surface area contributed by atoms with Crippen molar-refractivity contribution in [2.75, 3.05) is 24.0 Å². The van der Waals surface area contributed by atoms with E-state index in [0.29, 0.717) is 11.0 Å². The molecule has 1 aromatic heterocycles. The molecule has 0 aliphatic rings. The molecule has 0 aliphatic heterocycles. The molecule has 3 aromatic rings. The third-order valence-electron chi connectivity index (χ3n) is 3.74. The van der Waals surface area contributed by atoms with Crippen molar-refractivity contribution in [3.8, 4) is 17.1 Å². The predicted octanol–water partition coefficient (Wildman–Crippen LogP) is 3.47. The lowest BCUT2D eigenvalue weighted by molar-refractivity contribution is -0.113. The highest BCUT2D eigenvalue weighted by molar-refractivity contribution is 9.10. The van der Waals surface area contributed by atoms with Gasteiger partial charge in [-0.15, -0.1) is 10.2 Å². The summed E-state index contributed by atoms with van der Waals surface area (Å²) in [6.07, 6.45) is 0. The number of methoxy groups -OCH3 is 1. The summed E-state index contributed by atoms with van der Waals surface area (Å²) in [5.41, 5.74) is 2.64. The van der Waals surface area contributed by atoms with Crippen molar-refractivity contribution in [1.29, 1.82) is 0 Å². The topological polar surface area (TPSA) is 95.1 Å². The Bertz CT molecular complexity index is 959. The average molecular weight is 448 g/mol. The first-order valence-electron chi connectivity index (χ1n) is 8.01. The van der Waals surface area contributed by atoms with Crippen LogP contribution in [0.15, 0.2) is 52.1 Å². The summed E-state index contributed by atoms with van der Waals surface area (Å²) in [6, 6.07) is 13.1. The van der Waals surface area contributed by atoms with Crippen LogP contribution >= 0.6 is 27.7 Å². The molecule has 0 aliphatic carbocycles. The third-order valence-corrected chi connectivity index (χ3v) is 5.34. The third kappa shape index (κ3) is 4.61. The minimum atomic E-state index is -0.154. The van der Waals surface area contributed by atoms with Gasteiger partial charge in [-0.3, -0.25) is 4.79 Å². The molecular weight excluding hydrogens is 430 g/mol. The highest BCUT2D eigenvalue weighted by Gasteiger charge is 2.14. The number of aromatic nitrogens is 3. The van der Waals surface area contributed by atoms with Gasteiger partial charge in [0.2, 0.25) is 11.1 Å². The zero-order chi connectivity index (χ0) is 19.4. The number of anilines is 1. The number of rotatable bonds is 6. The lowest BCUT2D eigenvalue weighted by Gasteiger charge is -2.08. The van der Waals surface area contributed by atoms with E-state index in [2.05, 4.69) is 31.4 Å². The molecular formula is C18H18BrN5O2S. The van der Waals surface area contributed by atoms with Crippen molar-refractivity contribution in [2.24, 2.45) is 0 Å². The lowest BCUT2D eigenvalue weighted by atomic mass is 10.2. The Morgan fingerprint density at radius 2 is 2.00 bits per heavy atom. The largest absolute Gasteiger partial charge is 0.497 e. The van der Waals surface area contributed by atoms with E-state index in [1.54, 1.807) is 7.11 Å². The molecule has 7 nitrogen and oxygen atoms in total. The maximum absolute atomic E-state index is 12.2. The number of hydrogen-bond donors (Lipinski definition) is 2. The number of nitrogens with zero attached hydrogens (tertiary/aromatic N) is 3. The highest BCUT2D eigenvalue weighted by Crippen LogP contribution is 2.25. The summed E-state index contributed by atoms with van der Waals surface area (Å²) in [4.78, 5) is 12.2. The van der Waals surface area contributed by atoms with Gasteiger partial charge >= 0.3 is 0 Å². The number of carbonyl (C=O) groups is 1. The van der Waals surface area contributed by atoms with Crippen LogP contribution in [-0.4, -0.2) is 33.6 Å². The smallest absolute Gasteiger partial charge is 0.234 e. The van der Waals surface area contributed by atoms with Crippen LogP contribution < -0.4 is 15.9 Å². The number of nitrogens with two attached hydrogens (primary N) is 1. The first-order chi connectivity index (χ1) is 13.0. The van der Waals surface area contributed by atoms with E-state index < -0.39 is 0 Å². The number of hydrogen-bond acceptors (Lipinski definition) is 6. The van der Waals surface area contributed by atoms with Crippen molar-refractivity contribution in [1.82, 2.24) is 14.9 Å². The van der Waals surface area contributed by atoms with Gasteiger partial charge in [0, 0.05) is 10.0 Å². The van der Waals surface area contributed by atoms with Gasteiger partial charge in [-0.25, -0.2) is 4.68 Å². The zero-order valence-electron chi connectivity index (χ0n) is 14.8. The minimum Gasteiger partial charge on any atom is -0.497 e. The first kappa shape index (κ1) is 19.2. The number of amides is 1. The van der Waals surface area contributed by atoms with Gasteiger partial charge in [0.15, 0.2) is 5.82 Å². The van der Waals surface area contributed by atoms with Crippen LogP contribution in [0.2, 0.25) is 0 Å². The molecule has 9 heteroatoms. The van der Waals surface area contributed by atoms with Gasteiger partial charge in [-0.1, -0.05) is 17.8 Å². The summed E-state index contributed by atoms with van der Waals surface area (Å²) in [6.45, 7) is 1.99. The van der Waals surface area contributed by atoms with E-state index in [0.717, 1.165) is 27.0 Å². The number of nitrogen functional groups attached to an aromatic ring is 1. The molecule has 0 atom stereocenters. The van der Waals surface area contributed by atoms with E-state index in [1.807, 2.05) is 49.4 Å². The number of halogens is 1. The van der Waals surface area contributed by atoms with Crippen molar-refractivity contribution in [3.63, 3.8) is 0 Å². The summed E-state index contributed by atoms with van der Waals surface area (Å²) in [7, 11) is 1.61. The van der Waals surface area contributed by atoms with Crippen LogP contribution in [0.25, 0.3) is 11.4 Å². The van der Waals surface area contributed by atoms with Crippen molar-refractivity contribution in [2.45, 2.75) is 12.1 Å². The Hall–Kier alpha value is -2.52. The number of carbonyl (C=O) groups excluding carboxylic acids is 1. The van der Waals surface area contributed by atoms with Crippen molar-refractivity contribution < 1.29 is 9.53 Å². The first-order valence-corrected chi connectivity index (χ1v) is 9.79. The molecule has 0 bridgehead atoms. The fourth-order valence-electron chi connectivity index (χ4n) is 2.35. The molecule has 2 aromatic carbocycles. The van der Waals surface area contributed by atoms with Crippen LogP contribution in [0.3, 0.4) is 0 Å². The molecule has 27 heavy (non-hydrogen) atoms. The van der Waals surface area contributed by atoms with Gasteiger partial charge in [0.1, 0.15) is 5.75 Å². The Balaban J connectivity index is 1.64. The number of ether oxygens (including phenoxy) is 1. The molecule has 3 rings (SSSR count). The SMILES string of the molecule is COc1ccc(-c2nnc(SCC(=O)Nc3ccc(C)cc3Br)n2N)cc1. The maximum Gasteiger partial charge on any atom is 0.234 e. The van der Waals surface area contributed by atoms with E-state index >= 15 is 0 Å². The summed E-state index contributed by atoms with van der Waals surface area (Å²) in [5.74, 6) is 7.36. The molecule has 1 amide bonds. The Morgan fingerprint density at radius 3 is 2.67 bits per heavy atom. The Labute approximate surface area is 169 Å². The molecule has 0 spiro atoms. The molecule has 0 saturated heterocycles. The highest BCUT2D eigenvalue weighted by atomic mass is 79.9. The zero-order valence-corrected chi connectivity index (χ0v) is 17.2. The van der Waals surface area contributed by atoms with E-state index in [1.165, 1.54) is 16.4 Å². The molecule has 140 valence electrons. The molecule has 0 radical (unpaired) electrons. The lowest BCUT2D eigenvalue weighted by Crippen LogP contribution is -2.16. The number of thioether (sulfide) groups is 1. The number of benzene rings is 2. The quantitative estimate of drug-likeness (QED) is 0.443. The number of nitrogens with one attached hydrogen (secondary N) is 1. The fourth-order valence-corrected chi connectivity index (χ4v) is 3.60. The summed E-state index contributed by atoms with van der Waals surface area (Å²) in [5, 5.41) is 11.5. The Morgan fingerprint density at radius 1 is 1.26 bits per heavy atom. The summed E-state index contributed by atoms with van der Waals surface area (Å²) >= 11 is 4.66. The standard InChI is InChI=1S/C18H18BrN5O2S/c1-11-3-8-15(14(19)9-11)21-16(25)10-27-18-23-22-17(24(18)20)12-4-6-13(26-2)7-5-12/h3-9H,10,20H2,1-2H3,(H,21,25). The molecule has 0 fully saturated rings. The minimum absolute atomic E-state index is 0.154. The average Bonchev–Trinajstić information content (AvgIpc) is 3.03. The van der Waals surface area contributed by atoms with Crippen LogP contribution in [0.5, 0.6) is 5.75 Å². The van der Waals surface area contributed by atoms with Crippen molar-refractivity contribution in [3.05, 3.63) is 52.5 Å². The van der Waals surface area contributed by atoms with E-state index in [4.69, 9.17) is 10.6 Å². The molecule has 1 heterocycles. The molecule has 0 unspecified atom stereocenters. The summed E-state index contributed by atoms with van der Waals surface area (Å²) < 4.78 is 7.36. The normalized spacial score (nSPS) is 10.6.